The molecular weight excluding hydrogens is 290 g/mol. The van der Waals surface area contributed by atoms with Crippen molar-refractivity contribution in [3.63, 3.8) is 0 Å². The van der Waals surface area contributed by atoms with Gasteiger partial charge in [0.25, 0.3) is 0 Å². The minimum Gasteiger partial charge on any atom is -0.352 e. The van der Waals surface area contributed by atoms with E-state index in [1.807, 2.05) is 38.1 Å². The van der Waals surface area contributed by atoms with Crippen LogP contribution < -0.4 is 5.32 Å². The van der Waals surface area contributed by atoms with Crippen molar-refractivity contribution in [2.75, 3.05) is 26.2 Å². The zero-order valence-corrected chi connectivity index (χ0v) is 14.5. The molecule has 5 nitrogen and oxygen atoms in total. The third-order valence-electron chi connectivity index (χ3n) is 4.41. The van der Waals surface area contributed by atoms with E-state index in [2.05, 4.69) is 19.2 Å². The summed E-state index contributed by atoms with van der Waals surface area (Å²) < 4.78 is 0. The predicted molar refractivity (Wildman–Crippen MR) is 91.3 cm³/mol. The van der Waals surface area contributed by atoms with Crippen molar-refractivity contribution in [1.82, 2.24) is 15.1 Å². The fourth-order valence-electron chi connectivity index (χ4n) is 2.94. The Bertz CT molecular complexity index is 550. The van der Waals surface area contributed by atoms with Crippen LogP contribution >= 0.6 is 0 Å². The number of nitrogens with one attached hydrogen (secondary N) is 1. The third kappa shape index (κ3) is 3.66. The van der Waals surface area contributed by atoms with E-state index in [1.54, 1.807) is 9.80 Å². The number of benzene rings is 1. The molecule has 0 spiro atoms. The van der Waals surface area contributed by atoms with Gasteiger partial charge in [-0.15, -0.1) is 0 Å². The van der Waals surface area contributed by atoms with E-state index in [9.17, 15) is 9.59 Å². The summed E-state index contributed by atoms with van der Waals surface area (Å²) in [7, 11) is 0. The topological polar surface area (TPSA) is 52.7 Å². The number of carbonyl (C=O) groups is 2. The summed E-state index contributed by atoms with van der Waals surface area (Å²) in [5.41, 5.74) is 2.10. The van der Waals surface area contributed by atoms with Gasteiger partial charge in [0.2, 0.25) is 5.91 Å². The van der Waals surface area contributed by atoms with E-state index in [1.165, 1.54) is 5.56 Å². The van der Waals surface area contributed by atoms with Gasteiger partial charge in [0, 0.05) is 26.2 Å². The van der Waals surface area contributed by atoms with E-state index in [-0.39, 0.29) is 11.9 Å². The highest BCUT2D eigenvalue weighted by Gasteiger charge is 2.35. The fourth-order valence-corrected chi connectivity index (χ4v) is 2.94. The highest BCUT2D eigenvalue weighted by molar-refractivity contribution is 5.89. The van der Waals surface area contributed by atoms with Crippen LogP contribution in [0.2, 0.25) is 0 Å². The largest absolute Gasteiger partial charge is 0.352 e. The number of hydrogen-bond donors (Lipinski definition) is 1. The molecule has 0 saturated carbocycles. The molecule has 0 radical (unpaired) electrons. The molecule has 2 rings (SSSR count). The first kappa shape index (κ1) is 17.3. The second-order valence-corrected chi connectivity index (χ2v) is 6.16. The van der Waals surface area contributed by atoms with Crippen LogP contribution in [0, 0.1) is 0 Å². The molecule has 1 fully saturated rings. The fraction of sp³-hybridized carbons (Fsp3) is 0.556. The molecule has 23 heavy (non-hydrogen) atoms. The summed E-state index contributed by atoms with van der Waals surface area (Å²) in [6.07, 6.45) is 0. The Kier molecular flexibility index (Phi) is 5.64. The Labute approximate surface area is 138 Å². The summed E-state index contributed by atoms with van der Waals surface area (Å²) >= 11 is 0. The Balaban J connectivity index is 2.30. The average Bonchev–Trinajstić information content (AvgIpc) is 2.55. The Morgan fingerprint density at radius 1 is 1.26 bits per heavy atom. The molecule has 1 aromatic carbocycles. The number of rotatable bonds is 4. The lowest BCUT2D eigenvalue weighted by molar-refractivity contribution is -0.128. The van der Waals surface area contributed by atoms with Crippen LogP contribution in [-0.4, -0.2) is 47.9 Å². The predicted octanol–water partition coefficient (Wildman–Crippen LogP) is 2.74. The number of nitrogens with zero attached hydrogens (tertiary/aromatic N) is 2. The molecule has 1 aromatic rings. The van der Waals surface area contributed by atoms with Crippen LogP contribution in [0.15, 0.2) is 24.3 Å². The summed E-state index contributed by atoms with van der Waals surface area (Å²) in [5.74, 6) is 0.340. The summed E-state index contributed by atoms with van der Waals surface area (Å²) in [5, 5.41) is 2.88. The molecule has 126 valence electrons. The molecular formula is C18H27N3O2. The van der Waals surface area contributed by atoms with Crippen LogP contribution in [0.1, 0.15) is 50.8 Å². The Morgan fingerprint density at radius 2 is 1.87 bits per heavy atom. The van der Waals surface area contributed by atoms with Crippen molar-refractivity contribution in [2.45, 2.75) is 39.7 Å². The van der Waals surface area contributed by atoms with Gasteiger partial charge in [-0.05, 0) is 30.9 Å². The minimum atomic E-state index is -0.543. The lowest BCUT2D eigenvalue weighted by atomic mass is 9.97. The molecule has 0 bridgehead atoms. The molecule has 1 aliphatic rings. The summed E-state index contributed by atoms with van der Waals surface area (Å²) in [6.45, 7) is 10.5. The van der Waals surface area contributed by atoms with E-state index >= 15 is 0 Å². The van der Waals surface area contributed by atoms with Gasteiger partial charge in [0.05, 0.1) is 0 Å². The Morgan fingerprint density at radius 3 is 2.39 bits per heavy atom. The molecule has 3 amide bonds. The monoisotopic (exact) mass is 317 g/mol. The van der Waals surface area contributed by atoms with Gasteiger partial charge >= 0.3 is 6.03 Å². The lowest BCUT2D eigenvalue weighted by Gasteiger charge is -2.38. The molecule has 0 aromatic heterocycles. The minimum absolute atomic E-state index is 0.0669. The van der Waals surface area contributed by atoms with E-state index in [0.717, 1.165) is 5.56 Å². The van der Waals surface area contributed by atoms with Crippen LogP contribution in [0.25, 0.3) is 0 Å². The first-order valence-corrected chi connectivity index (χ1v) is 8.42. The van der Waals surface area contributed by atoms with Gasteiger partial charge in [-0.3, -0.25) is 4.79 Å². The van der Waals surface area contributed by atoms with E-state index in [4.69, 9.17) is 0 Å². The second-order valence-electron chi connectivity index (χ2n) is 6.16. The van der Waals surface area contributed by atoms with E-state index < -0.39 is 6.04 Å². The number of piperazine rings is 1. The lowest BCUT2D eigenvalue weighted by Crippen LogP contribution is -2.55. The van der Waals surface area contributed by atoms with Crippen LogP contribution in [0.5, 0.6) is 0 Å². The number of urea groups is 1. The maximum Gasteiger partial charge on any atom is 0.321 e. The first-order chi connectivity index (χ1) is 11.0. The van der Waals surface area contributed by atoms with Crippen LogP contribution in [0.3, 0.4) is 0 Å². The van der Waals surface area contributed by atoms with Gasteiger partial charge in [0.15, 0.2) is 0 Å². The highest BCUT2D eigenvalue weighted by Crippen LogP contribution is 2.26. The second kappa shape index (κ2) is 7.49. The standard InChI is InChI=1S/C18H27N3O2/c1-5-20(6-2)18(23)21-12-11-19-17(22)16(21)15-9-7-14(8-10-15)13(3)4/h7-10,13,16H,5-6,11-12H2,1-4H3,(H,19,22). The van der Waals surface area contributed by atoms with Crippen molar-refractivity contribution in [2.24, 2.45) is 0 Å². The van der Waals surface area contributed by atoms with Gasteiger partial charge in [0.1, 0.15) is 6.04 Å². The highest BCUT2D eigenvalue weighted by atomic mass is 16.2. The number of hydrogen-bond acceptors (Lipinski definition) is 2. The van der Waals surface area contributed by atoms with Gasteiger partial charge < -0.3 is 15.1 Å². The number of carbonyl (C=O) groups excluding carboxylic acids is 2. The van der Waals surface area contributed by atoms with Gasteiger partial charge in [-0.1, -0.05) is 38.1 Å². The zero-order chi connectivity index (χ0) is 17.0. The van der Waals surface area contributed by atoms with Crippen molar-refractivity contribution in [3.8, 4) is 0 Å². The molecule has 0 aliphatic carbocycles. The van der Waals surface area contributed by atoms with Crippen molar-refractivity contribution in [1.29, 1.82) is 0 Å². The SMILES string of the molecule is CCN(CC)C(=O)N1CCNC(=O)C1c1ccc(C(C)C)cc1. The Hall–Kier alpha value is -2.04. The van der Waals surface area contributed by atoms with Gasteiger partial charge in [-0.25, -0.2) is 4.79 Å². The van der Waals surface area contributed by atoms with Crippen molar-refractivity contribution < 1.29 is 9.59 Å². The quantitative estimate of drug-likeness (QED) is 0.928. The maximum absolute atomic E-state index is 12.7. The molecule has 1 aliphatic heterocycles. The molecule has 5 heteroatoms. The summed E-state index contributed by atoms with van der Waals surface area (Å²) in [6, 6.07) is 7.41. The molecule has 1 atom stereocenters. The van der Waals surface area contributed by atoms with Crippen LogP contribution in [-0.2, 0) is 4.79 Å². The van der Waals surface area contributed by atoms with Crippen molar-refractivity contribution >= 4 is 11.9 Å². The zero-order valence-electron chi connectivity index (χ0n) is 14.5. The van der Waals surface area contributed by atoms with Gasteiger partial charge in [-0.2, -0.15) is 0 Å². The average molecular weight is 317 g/mol. The van der Waals surface area contributed by atoms with Crippen LogP contribution in [0.4, 0.5) is 4.79 Å². The number of amides is 3. The molecule has 1 heterocycles. The third-order valence-corrected chi connectivity index (χ3v) is 4.41. The van der Waals surface area contributed by atoms with Crippen molar-refractivity contribution in [3.05, 3.63) is 35.4 Å². The molecule has 1 unspecified atom stereocenters. The van der Waals surface area contributed by atoms with E-state index in [0.29, 0.717) is 32.1 Å². The molecule has 1 N–H and O–H groups in total. The smallest absolute Gasteiger partial charge is 0.321 e. The first-order valence-electron chi connectivity index (χ1n) is 8.42. The normalized spacial score (nSPS) is 18.0. The maximum atomic E-state index is 12.7. The molecule has 1 saturated heterocycles. The summed E-state index contributed by atoms with van der Waals surface area (Å²) in [4.78, 5) is 28.6.